The molecule has 1 nitrogen and oxygen atoms in total. The van der Waals surface area contributed by atoms with Crippen molar-refractivity contribution in [1.29, 1.82) is 0 Å². The summed E-state index contributed by atoms with van der Waals surface area (Å²) in [6.07, 6.45) is 6.99. The van der Waals surface area contributed by atoms with Crippen LogP contribution in [0.4, 0.5) is 0 Å². The van der Waals surface area contributed by atoms with Gasteiger partial charge >= 0.3 is 0 Å². The minimum absolute atomic E-state index is 1.15. The van der Waals surface area contributed by atoms with Gasteiger partial charge in [-0.25, -0.2) is 0 Å². The van der Waals surface area contributed by atoms with E-state index in [1.807, 2.05) is 42.5 Å². The van der Waals surface area contributed by atoms with Gasteiger partial charge in [-0.2, -0.15) is 0 Å². The Morgan fingerprint density at radius 3 is 2.50 bits per heavy atom. The Morgan fingerprint density at radius 1 is 1.07 bits per heavy atom. The first-order valence-corrected chi connectivity index (χ1v) is 4.34. The Hall–Kier alpha value is -1.94. The van der Waals surface area contributed by atoms with Crippen LogP contribution in [0.2, 0.25) is 0 Å². The normalized spacial score (nSPS) is 10.1. The molecular formula is C13H12O. The third kappa shape index (κ3) is 4.18. The van der Waals surface area contributed by atoms with E-state index in [2.05, 4.69) is 11.8 Å². The summed E-state index contributed by atoms with van der Waals surface area (Å²) >= 11 is 0. The van der Waals surface area contributed by atoms with Gasteiger partial charge in [-0.15, -0.1) is 0 Å². The van der Waals surface area contributed by atoms with Crippen LogP contribution < -0.4 is 0 Å². The molecule has 14 heavy (non-hydrogen) atoms. The fourth-order valence-corrected chi connectivity index (χ4v) is 0.900. The molecule has 1 heteroatoms. The molecule has 0 unspecified atom stereocenters. The van der Waals surface area contributed by atoms with Gasteiger partial charge in [0.2, 0.25) is 0 Å². The lowest BCUT2D eigenvalue weighted by atomic mass is 10.2. The Balaban J connectivity index is 2.48. The average Bonchev–Trinajstić information content (AvgIpc) is 2.25. The summed E-state index contributed by atoms with van der Waals surface area (Å²) in [5.74, 6) is 5.69. The minimum atomic E-state index is 1.15. The molecule has 0 N–H and O–H groups in total. The average molecular weight is 184 g/mol. The molecule has 0 aliphatic heterocycles. The molecule has 0 fully saturated rings. The van der Waals surface area contributed by atoms with Crippen LogP contribution in [0.3, 0.4) is 0 Å². The van der Waals surface area contributed by atoms with Crippen LogP contribution >= 0.6 is 0 Å². The first-order valence-electron chi connectivity index (χ1n) is 4.34. The van der Waals surface area contributed by atoms with Crippen LogP contribution in [0.25, 0.3) is 6.08 Å². The minimum Gasteiger partial charge on any atom is -0.504 e. The Labute approximate surface area is 84.7 Å². The summed E-state index contributed by atoms with van der Waals surface area (Å²) in [6.45, 7) is 0. The summed E-state index contributed by atoms with van der Waals surface area (Å²) in [4.78, 5) is 0. The van der Waals surface area contributed by atoms with Gasteiger partial charge in [0.15, 0.2) is 0 Å². The molecule has 0 saturated heterocycles. The summed E-state index contributed by atoms with van der Waals surface area (Å²) < 4.78 is 4.70. The van der Waals surface area contributed by atoms with Crippen LogP contribution in [0.15, 0.2) is 48.7 Å². The van der Waals surface area contributed by atoms with Crippen molar-refractivity contribution < 1.29 is 4.74 Å². The summed E-state index contributed by atoms with van der Waals surface area (Å²) in [6, 6.07) is 10.0. The molecule has 0 bridgehead atoms. The van der Waals surface area contributed by atoms with Gasteiger partial charge in [-0.05, 0) is 17.7 Å². The van der Waals surface area contributed by atoms with E-state index in [-0.39, 0.29) is 0 Å². The maximum absolute atomic E-state index is 4.70. The zero-order chi connectivity index (χ0) is 10.1. The van der Waals surface area contributed by atoms with Crippen molar-refractivity contribution in [1.82, 2.24) is 0 Å². The smallest absolute Gasteiger partial charge is 0.0908 e. The van der Waals surface area contributed by atoms with Crippen molar-refractivity contribution in [2.75, 3.05) is 7.11 Å². The lowest BCUT2D eigenvalue weighted by Gasteiger charge is -1.87. The van der Waals surface area contributed by atoms with E-state index in [1.54, 1.807) is 19.4 Å². The number of hydrogen-bond acceptors (Lipinski definition) is 1. The van der Waals surface area contributed by atoms with Crippen molar-refractivity contribution in [2.24, 2.45) is 0 Å². The Kier molecular flexibility index (Phi) is 4.75. The predicted octanol–water partition coefficient (Wildman–Crippen LogP) is 2.86. The quantitative estimate of drug-likeness (QED) is 0.507. The Bertz CT molecular complexity index is 363. The van der Waals surface area contributed by atoms with Crippen molar-refractivity contribution in [3.05, 3.63) is 54.3 Å². The third-order valence-electron chi connectivity index (χ3n) is 1.53. The van der Waals surface area contributed by atoms with E-state index in [1.165, 1.54) is 0 Å². The van der Waals surface area contributed by atoms with Crippen molar-refractivity contribution in [2.45, 2.75) is 0 Å². The molecular weight excluding hydrogens is 172 g/mol. The molecule has 0 amide bonds. The molecule has 70 valence electrons. The van der Waals surface area contributed by atoms with Crippen LogP contribution in [-0.2, 0) is 4.74 Å². The highest BCUT2D eigenvalue weighted by atomic mass is 16.5. The standard InChI is InChI=1S/C13H12O/c1-14-12-8-3-2-5-9-13-10-6-4-7-11-13/h4-12H,1H3/b9-5+,12-8-. The van der Waals surface area contributed by atoms with E-state index in [9.17, 15) is 0 Å². The van der Waals surface area contributed by atoms with E-state index in [0.29, 0.717) is 0 Å². The maximum Gasteiger partial charge on any atom is 0.0908 e. The van der Waals surface area contributed by atoms with Gasteiger partial charge in [0, 0.05) is 6.08 Å². The van der Waals surface area contributed by atoms with E-state index in [0.717, 1.165) is 5.56 Å². The molecule has 0 aliphatic rings. The topological polar surface area (TPSA) is 9.23 Å². The number of benzene rings is 1. The lowest BCUT2D eigenvalue weighted by Crippen LogP contribution is -1.66. The number of ether oxygens (including phenoxy) is 1. The van der Waals surface area contributed by atoms with Crippen molar-refractivity contribution in [3.63, 3.8) is 0 Å². The predicted molar refractivity (Wildman–Crippen MR) is 59.4 cm³/mol. The number of methoxy groups -OCH3 is 1. The third-order valence-corrected chi connectivity index (χ3v) is 1.53. The zero-order valence-electron chi connectivity index (χ0n) is 8.10. The molecule has 0 aliphatic carbocycles. The van der Waals surface area contributed by atoms with Gasteiger partial charge in [-0.3, -0.25) is 0 Å². The molecule has 1 aromatic carbocycles. The molecule has 0 atom stereocenters. The first kappa shape index (κ1) is 10.1. The zero-order valence-corrected chi connectivity index (χ0v) is 8.10. The first-order chi connectivity index (χ1) is 6.93. The number of allylic oxidation sites excluding steroid dienone is 2. The van der Waals surface area contributed by atoms with Gasteiger partial charge < -0.3 is 4.74 Å². The second kappa shape index (κ2) is 6.56. The van der Waals surface area contributed by atoms with Crippen LogP contribution in [0.1, 0.15) is 5.56 Å². The molecule has 0 spiro atoms. The van der Waals surface area contributed by atoms with Crippen LogP contribution in [0.5, 0.6) is 0 Å². The van der Waals surface area contributed by atoms with Gasteiger partial charge in [0.05, 0.1) is 13.4 Å². The van der Waals surface area contributed by atoms with Gasteiger partial charge in [0.25, 0.3) is 0 Å². The molecule has 0 radical (unpaired) electrons. The number of hydrogen-bond donors (Lipinski definition) is 0. The fourth-order valence-electron chi connectivity index (χ4n) is 0.900. The molecule has 1 rings (SSSR count). The van der Waals surface area contributed by atoms with E-state index >= 15 is 0 Å². The number of rotatable bonds is 2. The van der Waals surface area contributed by atoms with E-state index < -0.39 is 0 Å². The largest absolute Gasteiger partial charge is 0.504 e. The monoisotopic (exact) mass is 184 g/mol. The molecule has 0 saturated carbocycles. The summed E-state index contributed by atoms with van der Waals surface area (Å²) in [7, 11) is 1.60. The highest BCUT2D eigenvalue weighted by molar-refractivity contribution is 5.52. The molecule has 0 heterocycles. The molecule has 1 aromatic rings. The van der Waals surface area contributed by atoms with Crippen LogP contribution in [-0.4, -0.2) is 7.11 Å². The van der Waals surface area contributed by atoms with Gasteiger partial charge in [-0.1, -0.05) is 42.2 Å². The lowest BCUT2D eigenvalue weighted by molar-refractivity contribution is 0.338. The second-order valence-electron chi connectivity index (χ2n) is 2.57. The molecule has 0 aromatic heterocycles. The maximum atomic E-state index is 4.70. The highest BCUT2D eigenvalue weighted by Crippen LogP contribution is 1.99. The summed E-state index contributed by atoms with van der Waals surface area (Å²) in [5.41, 5.74) is 1.15. The Morgan fingerprint density at radius 2 is 1.79 bits per heavy atom. The van der Waals surface area contributed by atoms with Crippen LogP contribution in [0, 0.1) is 11.8 Å². The second-order valence-corrected chi connectivity index (χ2v) is 2.57. The fraction of sp³-hybridized carbons (Fsp3) is 0.0769. The highest BCUT2D eigenvalue weighted by Gasteiger charge is 1.78. The summed E-state index contributed by atoms with van der Waals surface area (Å²) in [5, 5.41) is 0. The van der Waals surface area contributed by atoms with E-state index in [4.69, 9.17) is 4.74 Å². The van der Waals surface area contributed by atoms with Crippen molar-refractivity contribution >= 4 is 6.08 Å². The van der Waals surface area contributed by atoms with Gasteiger partial charge in [0.1, 0.15) is 0 Å². The SMILES string of the molecule is CO/C=C\C#C/C=C/c1ccccc1. The van der Waals surface area contributed by atoms with Crippen molar-refractivity contribution in [3.8, 4) is 11.8 Å².